The van der Waals surface area contributed by atoms with Crippen molar-refractivity contribution < 1.29 is 4.79 Å². The Labute approximate surface area is 129 Å². The Balaban J connectivity index is 1.48. The minimum absolute atomic E-state index is 0.0340. The van der Waals surface area contributed by atoms with Gasteiger partial charge >= 0.3 is 0 Å². The van der Waals surface area contributed by atoms with Crippen LogP contribution in [0.25, 0.3) is 0 Å². The molecule has 2 aromatic carbocycles. The topological polar surface area (TPSA) is 41.1 Å². The SMILES string of the molecule is O=C(CNC1Cc2ccccc2C1)Nc1ccc(Cl)cc1. The molecule has 2 aromatic rings. The average Bonchev–Trinajstić information content (AvgIpc) is 2.90. The predicted molar refractivity (Wildman–Crippen MR) is 85.7 cm³/mol. The average molecular weight is 301 g/mol. The number of nitrogens with one attached hydrogen (secondary N) is 2. The highest BCUT2D eigenvalue weighted by molar-refractivity contribution is 6.30. The number of rotatable bonds is 4. The molecule has 0 atom stereocenters. The van der Waals surface area contributed by atoms with Crippen LogP contribution in [0.2, 0.25) is 5.02 Å². The van der Waals surface area contributed by atoms with Crippen molar-refractivity contribution in [3.05, 3.63) is 64.7 Å². The van der Waals surface area contributed by atoms with Gasteiger partial charge in [-0.05, 0) is 48.2 Å². The maximum atomic E-state index is 11.9. The minimum atomic E-state index is -0.0340. The number of hydrogen-bond acceptors (Lipinski definition) is 2. The summed E-state index contributed by atoms with van der Waals surface area (Å²) in [6, 6.07) is 15.9. The smallest absolute Gasteiger partial charge is 0.238 e. The Kier molecular flexibility index (Phi) is 4.23. The van der Waals surface area contributed by atoms with Gasteiger partial charge in [0.05, 0.1) is 6.54 Å². The Morgan fingerprint density at radius 2 is 1.67 bits per heavy atom. The summed E-state index contributed by atoms with van der Waals surface area (Å²) in [4.78, 5) is 11.9. The molecule has 0 saturated carbocycles. The molecule has 1 amide bonds. The lowest BCUT2D eigenvalue weighted by molar-refractivity contribution is -0.115. The van der Waals surface area contributed by atoms with E-state index < -0.39 is 0 Å². The maximum absolute atomic E-state index is 11.9. The Hall–Kier alpha value is -1.84. The van der Waals surface area contributed by atoms with Crippen molar-refractivity contribution in [2.75, 3.05) is 11.9 Å². The van der Waals surface area contributed by atoms with Crippen LogP contribution >= 0.6 is 11.6 Å². The largest absolute Gasteiger partial charge is 0.325 e. The number of carbonyl (C=O) groups excluding carboxylic acids is 1. The highest BCUT2D eigenvalue weighted by atomic mass is 35.5. The van der Waals surface area contributed by atoms with Gasteiger partial charge in [-0.25, -0.2) is 0 Å². The second-order valence-electron chi connectivity index (χ2n) is 5.31. The zero-order valence-electron chi connectivity index (χ0n) is 11.6. The molecule has 0 fully saturated rings. The van der Waals surface area contributed by atoms with Gasteiger partial charge < -0.3 is 10.6 Å². The molecule has 1 aliphatic carbocycles. The summed E-state index contributed by atoms with van der Waals surface area (Å²) in [5.41, 5.74) is 3.53. The summed E-state index contributed by atoms with van der Waals surface area (Å²) in [6.07, 6.45) is 1.98. The molecule has 21 heavy (non-hydrogen) atoms. The fourth-order valence-electron chi connectivity index (χ4n) is 2.68. The van der Waals surface area contributed by atoms with Crippen molar-refractivity contribution >= 4 is 23.2 Å². The van der Waals surface area contributed by atoms with Gasteiger partial charge in [-0.15, -0.1) is 0 Å². The van der Waals surface area contributed by atoms with Crippen molar-refractivity contribution in [3.63, 3.8) is 0 Å². The van der Waals surface area contributed by atoms with Crippen molar-refractivity contribution in [3.8, 4) is 0 Å². The van der Waals surface area contributed by atoms with Crippen molar-refractivity contribution in [1.29, 1.82) is 0 Å². The third kappa shape index (κ3) is 3.63. The molecule has 0 bridgehead atoms. The van der Waals surface area contributed by atoms with Crippen LogP contribution in [-0.4, -0.2) is 18.5 Å². The highest BCUT2D eigenvalue weighted by Gasteiger charge is 2.20. The number of anilines is 1. The number of amides is 1. The van der Waals surface area contributed by atoms with Crippen LogP contribution in [-0.2, 0) is 17.6 Å². The summed E-state index contributed by atoms with van der Waals surface area (Å²) >= 11 is 5.81. The Morgan fingerprint density at radius 3 is 2.29 bits per heavy atom. The van der Waals surface area contributed by atoms with Gasteiger partial charge in [-0.3, -0.25) is 4.79 Å². The number of fused-ring (bicyclic) bond motifs is 1. The van der Waals surface area contributed by atoms with Gasteiger partial charge in [0, 0.05) is 16.8 Å². The molecule has 2 N–H and O–H groups in total. The fourth-order valence-corrected chi connectivity index (χ4v) is 2.80. The zero-order valence-corrected chi connectivity index (χ0v) is 12.4. The van der Waals surface area contributed by atoms with Gasteiger partial charge in [0.15, 0.2) is 0 Å². The molecule has 3 nitrogen and oxygen atoms in total. The number of halogens is 1. The second-order valence-corrected chi connectivity index (χ2v) is 5.75. The molecule has 0 saturated heterocycles. The third-order valence-electron chi connectivity index (χ3n) is 3.73. The standard InChI is InChI=1S/C17H17ClN2O/c18-14-5-7-15(8-6-14)20-17(21)11-19-16-9-12-3-1-2-4-13(12)10-16/h1-8,16,19H,9-11H2,(H,20,21). The van der Waals surface area contributed by atoms with Crippen molar-refractivity contribution in [2.24, 2.45) is 0 Å². The normalized spacial score (nSPS) is 14.0. The predicted octanol–water partition coefficient (Wildman–Crippen LogP) is 3.04. The highest BCUT2D eigenvalue weighted by Crippen LogP contribution is 2.21. The van der Waals surface area contributed by atoms with Crippen LogP contribution in [0.1, 0.15) is 11.1 Å². The summed E-state index contributed by atoms with van der Waals surface area (Å²) in [6.45, 7) is 0.321. The first-order valence-electron chi connectivity index (χ1n) is 7.06. The van der Waals surface area contributed by atoms with Gasteiger partial charge in [-0.2, -0.15) is 0 Å². The van der Waals surface area contributed by atoms with E-state index in [0.717, 1.165) is 18.5 Å². The fraction of sp³-hybridized carbons (Fsp3) is 0.235. The molecule has 0 radical (unpaired) electrons. The molecular formula is C17H17ClN2O. The van der Waals surface area contributed by atoms with Crippen LogP contribution in [0.3, 0.4) is 0 Å². The van der Waals surface area contributed by atoms with Crippen LogP contribution in [0, 0.1) is 0 Å². The van der Waals surface area contributed by atoms with E-state index in [1.165, 1.54) is 11.1 Å². The molecule has 108 valence electrons. The summed E-state index contributed by atoms with van der Waals surface area (Å²) in [5, 5.41) is 6.84. The second kappa shape index (κ2) is 6.29. The molecule has 0 aromatic heterocycles. The quantitative estimate of drug-likeness (QED) is 0.911. The lowest BCUT2D eigenvalue weighted by Gasteiger charge is -2.12. The van der Waals surface area contributed by atoms with E-state index in [4.69, 9.17) is 11.6 Å². The number of carbonyl (C=O) groups is 1. The van der Waals surface area contributed by atoms with E-state index in [2.05, 4.69) is 34.9 Å². The molecule has 3 rings (SSSR count). The first-order chi connectivity index (χ1) is 10.2. The molecule has 4 heteroatoms. The maximum Gasteiger partial charge on any atom is 0.238 e. The first kappa shape index (κ1) is 14.1. The van der Waals surface area contributed by atoms with E-state index in [0.29, 0.717) is 17.6 Å². The first-order valence-corrected chi connectivity index (χ1v) is 7.44. The van der Waals surface area contributed by atoms with Crippen LogP contribution < -0.4 is 10.6 Å². The lowest BCUT2D eigenvalue weighted by atomic mass is 10.1. The van der Waals surface area contributed by atoms with Crippen LogP contribution in [0.15, 0.2) is 48.5 Å². The van der Waals surface area contributed by atoms with Crippen molar-refractivity contribution in [2.45, 2.75) is 18.9 Å². The van der Waals surface area contributed by atoms with Gasteiger partial charge in [0.25, 0.3) is 0 Å². The Bertz CT molecular complexity index is 614. The summed E-state index contributed by atoms with van der Waals surface area (Å²) in [5.74, 6) is -0.0340. The number of hydrogen-bond donors (Lipinski definition) is 2. The Morgan fingerprint density at radius 1 is 1.05 bits per heavy atom. The summed E-state index contributed by atoms with van der Waals surface area (Å²) < 4.78 is 0. The lowest BCUT2D eigenvalue weighted by Crippen LogP contribution is -2.36. The van der Waals surface area contributed by atoms with Crippen molar-refractivity contribution in [1.82, 2.24) is 5.32 Å². The minimum Gasteiger partial charge on any atom is -0.325 e. The molecule has 0 aliphatic heterocycles. The van der Waals surface area contributed by atoms with Gasteiger partial charge in [0.2, 0.25) is 5.91 Å². The molecular weight excluding hydrogens is 284 g/mol. The molecule has 0 spiro atoms. The molecule has 1 aliphatic rings. The van der Waals surface area contributed by atoms with E-state index in [1.807, 2.05) is 0 Å². The van der Waals surface area contributed by atoms with E-state index >= 15 is 0 Å². The zero-order chi connectivity index (χ0) is 14.7. The monoisotopic (exact) mass is 300 g/mol. The van der Waals surface area contributed by atoms with E-state index in [-0.39, 0.29) is 5.91 Å². The van der Waals surface area contributed by atoms with Crippen LogP contribution in [0.5, 0.6) is 0 Å². The number of benzene rings is 2. The van der Waals surface area contributed by atoms with Gasteiger partial charge in [-0.1, -0.05) is 35.9 Å². The van der Waals surface area contributed by atoms with E-state index in [1.54, 1.807) is 24.3 Å². The molecule has 0 heterocycles. The van der Waals surface area contributed by atoms with Gasteiger partial charge in [0.1, 0.15) is 0 Å². The third-order valence-corrected chi connectivity index (χ3v) is 3.98. The van der Waals surface area contributed by atoms with E-state index in [9.17, 15) is 4.79 Å². The summed E-state index contributed by atoms with van der Waals surface area (Å²) in [7, 11) is 0. The molecule has 0 unspecified atom stereocenters. The van der Waals surface area contributed by atoms with Crippen LogP contribution in [0.4, 0.5) is 5.69 Å².